The van der Waals surface area contributed by atoms with E-state index in [1.54, 1.807) is 0 Å². The summed E-state index contributed by atoms with van der Waals surface area (Å²) in [6.07, 6.45) is 1.13. The fraction of sp³-hybridized carbons (Fsp3) is 0.350. The first-order valence-corrected chi connectivity index (χ1v) is 10.4. The highest BCUT2D eigenvalue weighted by atomic mass is 32.2. The molecule has 2 aromatic carbocycles. The molecule has 0 spiro atoms. The van der Waals surface area contributed by atoms with Crippen LogP contribution in [-0.4, -0.2) is 38.0 Å². The number of hydrogen-bond donors (Lipinski definition) is 1. The zero-order valence-electron chi connectivity index (χ0n) is 15.5. The zero-order valence-corrected chi connectivity index (χ0v) is 16.3. The molecule has 1 N–H and O–H groups in total. The normalized spacial score (nSPS) is 12.8. The maximum absolute atomic E-state index is 12.3. The van der Waals surface area contributed by atoms with Crippen LogP contribution in [0.5, 0.6) is 0 Å². The van der Waals surface area contributed by atoms with Gasteiger partial charge in [0.2, 0.25) is 15.9 Å². The minimum absolute atomic E-state index is 0.156. The highest BCUT2D eigenvalue weighted by Crippen LogP contribution is 2.13. The largest absolute Gasteiger partial charge is 0.354 e. The molecule has 0 aliphatic carbocycles. The SMILES string of the molecule is Cc1ccc(CN(CC(=O)NC[C@H](C)c2ccccc2)S(C)(=O)=O)cc1. The molecule has 0 aliphatic heterocycles. The van der Waals surface area contributed by atoms with Crippen molar-refractivity contribution in [3.8, 4) is 0 Å². The Bertz CT molecular complexity index is 818. The van der Waals surface area contributed by atoms with Crippen LogP contribution in [-0.2, 0) is 21.4 Å². The van der Waals surface area contributed by atoms with Crippen molar-refractivity contribution in [2.45, 2.75) is 26.3 Å². The van der Waals surface area contributed by atoms with Crippen LogP contribution < -0.4 is 5.32 Å². The van der Waals surface area contributed by atoms with Gasteiger partial charge in [0.05, 0.1) is 12.8 Å². The lowest BCUT2D eigenvalue weighted by Gasteiger charge is -2.20. The van der Waals surface area contributed by atoms with Crippen molar-refractivity contribution in [2.24, 2.45) is 0 Å². The van der Waals surface area contributed by atoms with Gasteiger partial charge in [-0.15, -0.1) is 0 Å². The van der Waals surface area contributed by atoms with Crippen LogP contribution in [0.4, 0.5) is 0 Å². The molecule has 0 aromatic heterocycles. The molecule has 2 aromatic rings. The van der Waals surface area contributed by atoms with E-state index in [0.717, 1.165) is 22.9 Å². The summed E-state index contributed by atoms with van der Waals surface area (Å²) in [4.78, 5) is 12.3. The Morgan fingerprint density at radius 1 is 1.08 bits per heavy atom. The smallest absolute Gasteiger partial charge is 0.235 e. The Hall–Kier alpha value is -2.18. The summed E-state index contributed by atoms with van der Waals surface area (Å²) in [5.74, 6) is -0.144. The Kier molecular flexibility index (Phi) is 6.94. The van der Waals surface area contributed by atoms with E-state index in [1.807, 2.05) is 68.4 Å². The monoisotopic (exact) mass is 374 g/mol. The van der Waals surface area contributed by atoms with Crippen LogP contribution in [0.15, 0.2) is 54.6 Å². The van der Waals surface area contributed by atoms with Crippen LogP contribution in [0.1, 0.15) is 29.5 Å². The first-order valence-electron chi connectivity index (χ1n) is 8.58. The van der Waals surface area contributed by atoms with Gasteiger partial charge in [-0.3, -0.25) is 4.79 Å². The molecule has 0 saturated heterocycles. The van der Waals surface area contributed by atoms with E-state index in [9.17, 15) is 13.2 Å². The summed E-state index contributed by atoms with van der Waals surface area (Å²) < 4.78 is 25.3. The van der Waals surface area contributed by atoms with Gasteiger partial charge in [-0.2, -0.15) is 4.31 Å². The van der Waals surface area contributed by atoms with E-state index in [2.05, 4.69) is 5.32 Å². The van der Waals surface area contributed by atoms with Crippen molar-refractivity contribution in [1.29, 1.82) is 0 Å². The van der Waals surface area contributed by atoms with E-state index in [-0.39, 0.29) is 24.9 Å². The van der Waals surface area contributed by atoms with E-state index < -0.39 is 10.0 Å². The molecule has 0 radical (unpaired) electrons. The molecule has 1 atom stereocenters. The molecule has 26 heavy (non-hydrogen) atoms. The number of nitrogens with zero attached hydrogens (tertiary/aromatic N) is 1. The summed E-state index contributed by atoms with van der Waals surface area (Å²) in [6, 6.07) is 17.5. The van der Waals surface area contributed by atoms with Crippen LogP contribution in [0, 0.1) is 6.92 Å². The average Bonchev–Trinajstić information content (AvgIpc) is 2.61. The molecule has 0 saturated carbocycles. The lowest BCUT2D eigenvalue weighted by molar-refractivity contribution is -0.121. The van der Waals surface area contributed by atoms with Crippen LogP contribution in [0.3, 0.4) is 0 Å². The summed E-state index contributed by atoms with van der Waals surface area (Å²) in [5, 5.41) is 2.83. The standard InChI is InChI=1S/C20H26N2O3S/c1-16-9-11-18(12-10-16)14-22(26(3,24)25)15-20(23)21-13-17(2)19-7-5-4-6-8-19/h4-12,17H,13-15H2,1-3H3,(H,21,23)/t17-/m0/s1. The predicted octanol–water partition coefficient (Wildman–Crippen LogP) is 2.68. The molecule has 140 valence electrons. The number of rotatable bonds is 8. The van der Waals surface area contributed by atoms with Gasteiger partial charge < -0.3 is 5.32 Å². The molecule has 0 unspecified atom stereocenters. The summed E-state index contributed by atoms with van der Waals surface area (Å²) in [6.45, 7) is 4.45. The third-order valence-electron chi connectivity index (χ3n) is 4.24. The lowest BCUT2D eigenvalue weighted by atomic mass is 10.0. The van der Waals surface area contributed by atoms with E-state index >= 15 is 0 Å². The van der Waals surface area contributed by atoms with Crippen molar-refractivity contribution in [3.63, 3.8) is 0 Å². The van der Waals surface area contributed by atoms with Gasteiger partial charge in [-0.1, -0.05) is 67.1 Å². The second-order valence-corrected chi connectivity index (χ2v) is 8.61. The zero-order chi connectivity index (χ0) is 19.2. The first kappa shape index (κ1) is 20.1. The molecule has 1 amide bonds. The fourth-order valence-corrected chi connectivity index (χ4v) is 3.31. The third-order valence-corrected chi connectivity index (χ3v) is 5.44. The number of amides is 1. The maximum Gasteiger partial charge on any atom is 0.235 e. The van der Waals surface area contributed by atoms with Crippen molar-refractivity contribution >= 4 is 15.9 Å². The van der Waals surface area contributed by atoms with E-state index in [4.69, 9.17) is 0 Å². The molecular weight excluding hydrogens is 348 g/mol. The minimum Gasteiger partial charge on any atom is -0.354 e. The second-order valence-electron chi connectivity index (χ2n) is 6.63. The molecule has 6 heteroatoms. The van der Waals surface area contributed by atoms with Gasteiger partial charge in [0.1, 0.15) is 0 Å². The Morgan fingerprint density at radius 3 is 2.27 bits per heavy atom. The van der Waals surface area contributed by atoms with Gasteiger partial charge in [0.25, 0.3) is 0 Å². The topological polar surface area (TPSA) is 66.5 Å². The quantitative estimate of drug-likeness (QED) is 0.772. The maximum atomic E-state index is 12.3. The predicted molar refractivity (Wildman–Crippen MR) is 104 cm³/mol. The Labute approximate surface area is 156 Å². The van der Waals surface area contributed by atoms with Crippen LogP contribution in [0.2, 0.25) is 0 Å². The molecule has 0 heterocycles. The van der Waals surface area contributed by atoms with Crippen molar-refractivity contribution < 1.29 is 13.2 Å². The minimum atomic E-state index is -3.49. The number of sulfonamides is 1. The number of aryl methyl sites for hydroxylation is 1. The second kappa shape index (κ2) is 8.96. The number of nitrogens with one attached hydrogen (secondary N) is 1. The molecule has 0 fully saturated rings. The van der Waals surface area contributed by atoms with Crippen molar-refractivity contribution in [3.05, 3.63) is 71.3 Å². The van der Waals surface area contributed by atoms with E-state index in [0.29, 0.717) is 6.54 Å². The summed E-state index contributed by atoms with van der Waals surface area (Å²) >= 11 is 0. The summed E-state index contributed by atoms with van der Waals surface area (Å²) in [7, 11) is -3.49. The highest BCUT2D eigenvalue weighted by Gasteiger charge is 2.20. The molecule has 0 bridgehead atoms. The number of carbonyl (C=O) groups excluding carboxylic acids is 1. The molecular formula is C20H26N2O3S. The molecule has 2 rings (SSSR count). The van der Waals surface area contributed by atoms with E-state index in [1.165, 1.54) is 4.31 Å². The first-order chi connectivity index (χ1) is 12.3. The number of hydrogen-bond acceptors (Lipinski definition) is 3. The summed E-state index contributed by atoms with van der Waals surface area (Å²) in [5.41, 5.74) is 3.09. The average molecular weight is 375 g/mol. The van der Waals surface area contributed by atoms with Crippen LogP contribution in [0.25, 0.3) is 0 Å². The third kappa shape index (κ3) is 6.28. The van der Waals surface area contributed by atoms with Gasteiger partial charge in [0.15, 0.2) is 0 Å². The van der Waals surface area contributed by atoms with Crippen molar-refractivity contribution in [1.82, 2.24) is 9.62 Å². The fourth-order valence-electron chi connectivity index (χ4n) is 2.57. The molecule has 0 aliphatic rings. The van der Waals surface area contributed by atoms with Gasteiger partial charge in [-0.05, 0) is 24.0 Å². The lowest BCUT2D eigenvalue weighted by Crippen LogP contribution is -2.40. The Balaban J connectivity index is 1.95. The van der Waals surface area contributed by atoms with Crippen LogP contribution >= 0.6 is 0 Å². The number of benzene rings is 2. The number of carbonyl (C=O) groups is 1. The van der Waals surface area contributed by atoms with Gasteiger partial charge in [0, 0.05) is 13.1 Å². The van der Waals surface area contributed by atoms with Gasteiger partial charge in [-0.25, -0.2) is 8.42 Å². The highest BCUT2D eigenvalue weighted by molar-refractivity contribution is 7.88. The molecule has 5 nitrogen and oxygen atoms in total. The van der Waals surface area contributed by atoms with Crippen molar-refractivity contribution in [2.75, 3.05) is 19.3 Å². The van der Waals surface area contributed by atoms with Gasteiger partial charge >= 0.3 is 0 Å². The Morgan fingerprint density at radius 2 is 1.69 bits per heavy atom.